The van der Waals surface area contributed by atoms with Crippen molar-refractivity contribution in [3.05, 3.63) is 195 Å². The van der Waals surface area contributed by atoms with Crippen molar-refractivity contribution in [2.75, 3.05) is 0 Å². The fraction of sp³-hybridized carbons (Fsp3) is 0.188. The van der Waals surface area contributed by atoms with Crippen molar-refractivity contribution in [3.63, 3.8) is 0 Å². The minimum absolute atomic E-state index is 0.691. The van der Waals surface area contributed by atoms with Gasteiger partial charge in [0, 0.05) is 5.56 Å². The topological polar surface area (TPSA) is 3.88 Å². The Hall–Kier alpha value is -6.67. The highest BCUT2D eigenvalue weighted by Gasteiger charge is 2.47. The molecule has 0 fully saturated rings. The highest BCUT2D eigenvalue weighted by molar-refractivity contribution is 7.20. The average molecular weight is 1120 g/mol. The molecule has 0 aliphatic heterocycles. The molecule has 0 bridgehead atoms. The smallest absolute Gasteiger partial charge is 0.194 e. The van der Waals surface area contributed by atoms with Crippen LogP contribution in [0.4, 0.5) is 105 Å². The number of nitrogens with zero attached hydrogens (tertiary/aromatic N) is 1. The van der Waals surface area contributed by atoms with E-state index in [0.717, 1.165) is 6.54 Å². The third-order valence-electron chi connectivity index (χ3n) is 11.3. The predicted molar refractivity (Wildman–Crippen MR) is 226 cm³/mol. The van der Waals surface area contributed by atoms with Crippen LogP contribution in [0.3, 0.4) is 0 Å². The molecule has 27 heteroatoms. The molecule has 0 spiro atoms. The fourth-order valence-electron chi connectivity index (χ4n) is 8.03. The molecule has 75 heavy (non-hydrogen) atoms. The Kier molecular flexibility index (Phi) is 15.5. The van der Waals surface area contributed by atoms with Gasteiger partial charge in [0.05, 0.1) is 44.5 Å². The summed E-state index contributed by atoms with van der Waals surface area (Å²) < 4.78 is 343. The number of benzene rings is 6. The molecule has 0 amide bonds. The van der Waals surface area contributed by atoms with E-state index in [0.29, 0.717) is 0 Å². The van der Waals surface area contributed by atoms with Crippen molar-refractivity contribution in [2.45, 2.75) is 56.0 Å². The fourth-order valence-corrected chi connectivity index (χ4v) is 8.88. The van der Waals surface area contributed by atoms with Crippen LogP contribution in [0.2, 0.25) is 0 Å². The molecule has 0 aliphatic carbocycles. The molecule has 0 atom stereocenters. The average Bonchev–Trinajstić information content (AvgIpc) is 3.76. The molecule has 7 rings (SSSR count). The molecule has 6 aromatic carbocycles. The van der Waals surface area contributed by atoms with Gasteiger partial charge in [-0.15, -0.1) is 0 Å². The van der Waals surface area contributed by atoms with E-state index in [9.17, 15) is 105 Å². The summed E-state index contributed by atoms with van der Waals surface area (Å²) in [5.74, 6) is 0. The number of thiazole rings is 1. The summed E-state index contributed by atoms with van der Waals surface area (Å²) in [6.45, 7) is 0.935. The summed E-state index contributed by atoms with van der Waals surface area (Å²) >= 11 is 1.78. The van der Waals surface area contributed by atoms with Crippen molar-refractivity contribution in [2.24, 2.45) is 0 Å². The van der Waals surface area contributed by atoms with Crippen LogP contribution in [0.25, 0.3) is 10.4 Å². The maximum atomic E-state index is 14.2. The normalized spacial score (nSPS) is 13.4. The van der Waals surface area contributed by atoms with Gasteiger partial charge < -0.3 is 0 Å². The van der Waals surface area contributed by atoms with E-state index in [1.165, 1.54) is 16.0 Å². The van der Waals surface area contributed by atoms with Crippen LogP contribution >= 0.6 is 11.3 Å². The number of alkyl halides is 24. The van der Waals surface area contributed by atoms with Gasteiger partial charge in [-0.05, 0) is 29.8 Å². The Bertz CT molecular complexity index is 2680. The molecule has 1 heterocycles. The largest absolute Gasteiger partial charge is 0.416 e. The number of halogens is 24. The second-order valence-corrected chi connectivity index (χ2v) is 17.3. The molecular formula is C48H26BF24NS. The highest BCUT2D eigenvalue weighted by atomic mass is 32.1. The first-order valence-electron chi connectivity index (χ1n) is 20.6. The van der Waals surface area contributed by atoms with E-state index >= 15 is 0 Å². The Labute approximate surface area is 410 Å². The van der Waals surface area contributed by atoms with Crippen molar-refractivity contribution in [1.82, 2.24) is 0 Å². The summed E-state index contributed by atoms with van der Waals surface area (Å²) in [6.07, 6.45) is -52.6. The van der Waals surface area contributed by atoms with Crippen molar-refractivity contribution >= 4 is 39.3 Å². The van der Waals surface area contributed by atoms with Crippen LogP contribution in [-0.4, -0.2) is 6.15 Å². The second kappa shape index (κ2) is 20.1. The Morgan fingerprint density at radius 3 is 0.800 bits per heavy atom. The number of hydrogen-bond donors (Lipinski definition) is 0. The molecule has 0 N–H and O–H groups in total. The van der Waals surface area contributed by atoms with Crippen molar-refractivity contribution < 1.29 is 110 Å². The maximum Gasteiger partial charge on any atom is 0.416 e. The highest BCUT2D eigenvalue weighted by Crippen LogP contribution is 2.41. The second-order valence-electron chi connectivity index (χ2n) is 16.5. The predicted octanol–water partition coefficient (Wildman–Crippen LogP) is 15.0. The molecule has 7 aromatic rings. The monoisotopic (exact) mass is 1120 g/mol. The first kappa shape index (κ1) is 57.6. The summed E-state index contributed by atoms with van der Waals surface area (Å²) in [5, 5.41) is 0. The SMILES string of the molecule is FC(F)(F)c1cc([B-](c2cc(C(F)(F)F)cc(C(F)(F)F)c2)(c2cc(C(F)(F)F)cc(C(F)(F)F)c2)c2cc(C(F)(F)F)cc(C(F)(F)F)c2)cc(C(F)(F)F)c1.c1ccc(C[n+]2csc(-c3ccccc3)c2)cc1. The van der Waals surface area contributed by atoms with Gasteiger partial charge in [0.25, 0.3) is 0 Å². The van der Waals surface area contributed by atoms with Crippen LogP contribution < -0.4 is 26.4 Å². The molecule has 0 saturated carbocycles. The first-order chi connectivity index (χ1) is 34.2. The molecular weight excluding hydrogens is 1090 g/mol. The standard InChI is InChI=1S/C32H12BF24.C16H14NS/c34-25(35,36)13-1-14(26(37,38)39)6-21(5-13)33(22-7-15(27(40,41)42)2-16(8-22)28(43,44)45,23-9-17(29(46,47)48)3-18(10-23)30(49,50)51)24-11-19(31(52,53)54)4-20(12-24)32(55,56)57;1-3-7-14(8-4-1)11-17-12-16(18-13-17)15-9-5-2-6-10-15/h1-12H;1-10,12-13H,11H2/q-1;+1. The van der Waals surface area contributed by atoms with Gasteiger partial charge in [-0.1, -0.05) is 121 Å². The third kappa shape index (κ3) is 13.4. The van der Waals surface area contributed by atoms with Crippen molar-refractivity contribution in [1.29, 1.82) is 0 Å². The zero-order valence-corrected chi connectivity index (χ0v) is 37.4. The minimum atomic E-state index is -6.13. The summed E-state index contributed by atoms with van der Waals surface area (Å²) in [5.41, 5.74) is -25.4. The number of rotatable bonds is 7. The van der Waals surface area contributed by atoms with Gasteiger partial charge in [-0.2, -0.15) is 132 Å². The Morgan fingerprint density at radius 1 is 0.320 bits per heavy atom. The third-order valence-corrected chi connectivity index (χ3v) is 12.3. The summed E-state index contributed by atoms with van der Waals surface area (Å²) in [6, 6.07) is 12.2. The molecule has 0 aliphatic rings. The zero-order valence-electron chi connectivity index (χ0n) is 36.6. The van der Waals surface area contributed by atoms with E-state index in [-0.39, 0.29) is 0 Å². The molecule has 0 unspecified atom stereocenters. The van der Waals surface area contributed by atoms with E-state index in [1.54, 1.807) is 11.3 Å². The van der Waals surface area contributed by atoms with E-state index in [2.05, 4.69) is 76.9 Å². The van der Waals surface area contributed by atoms with Gasteiger partial charge >= 0.3 is 49.4 Å². The van der Waals surface area contributed by atoms with Crippen LogP contribution in [0.15, 0.2) is 145 Å². The van der Waals surface area contributed by atoms with Gasteiger partial charge in [-0.3, -0.25) is 0 Å². The molecule has 400 valence electrons. The van der Waals surface area contributed by atoms with Crippen LogP contribution in [0, 0.1) is 0 Å². The van der Waals surface area contributed by atoms with Gasteiger partial charge in [0.1, 0.15) is 11.0 Å². The molecule has 1 nitrogen and oxygen atoms in total. The lowest BCUT2D eigenvalue weighted by atomic mass is 9.12. The quantitative estimate of drug-likeness (QED) is 0.0851. The minimum Gasteiger partial charge on any atom is -0.194 e. The van der Waals surface area contributed by atoms with E-state index in [4.69, 9.17) is 0 Å². The lowest BCUT2D eigenvalue weighted by molar-refractivity contribution is -0.683. The van der Waals surface area contributed by atoms with Gasteiger partial charge in [0.2, 0.25) is 5.51 Å². The number of aromatic nitrogens is 1. The van der Waals surface area contributed by atoms with Crippen molar-refractivity contribution in [3.8, 4) is 10.4 Å². The van der Waals surface area contributed by atoms with Gasteiger partial charge in [-0.25, -0.2) is 0 Å². The van der Waals surface area contributed by atoms with E-state index in [1.807, 2.05) is 0 Å². The van der Waals surface area contributed by atoms with Crippen LogP contribution in [-0.2, 0) is 56.0 Å². The Morgan fingerprint density at radius 2 is 0.560 bits per heavy atom. The van der Waals surface area contributed by atoms with Gasteiger partial charge in [0.15, 0.2) is 12.7 Å². The lowest BCUT2D eigenvalue weighted by Crippen LogP contribution is -2.75. The zero-order chi connectivity index (χ0) is 56.1. The first-order valence-corrected chi connectivity index (χ1v) is 21.5. The number of hydrogen-bond acceptors (Lipinski definition) is 1. The molecule has 1 aromatic heterocycles. The van der Waals surface area contributed by atoms with E-state index < -0.39 is 195 Å². The maximum absolute atomic E-state index is 14.2. The van der Waals surface area contributed by atoms with Crippen LogP contribution in [0.1, 0.15) is 50.1 Å². The summed E-state index contributed by atoms with van der Waals surface area (Å²) in [4.78, 5) is 1.31. The lowest BCUT2D eigenvalue weighted by Gasteiger charge is -2.46. The molecule has 0 radical (unpaired) electrons. The molecule has 0 saturated heterocycles. The van der Waals surface area contributed by atoms with Crippen LogP contribution in [0.5, 0.6) is 0 Å². The summed E-state index contributed by atoms with van der Waals surface area (Å²) in [7, 11) is 0. The Balaban J connectivity index is 0.000000421.